The van der Waals surface area contributed by atoms with Crippen LogP contribution in [0.5, 0.6) is 0 Å². The first kappa shape index (κ1) is 12.5. The first-order valence-electron chi connectivity index (χ1n) is 6.88. The topological polar surface area (TPSA) is 40.5 Å². The molecule has 3 nitrogen and oxygen atoms in total. The van der Waals surface area contributed by atoms with Crippen LogP contribution in [0.15, 0.2) is 18.2 Å². The fourth-order valence-corrected chi connectivity index (χ4v) is 3.45. The smallest absolute Gasteiger partial charge is 0.335 e. The Morgan fingerprint density at radius 1 is 1.21 bits per heavy atom. The number of carboxylic acid groups (broad SMARTS) is 1. The highest BCUT2D eigenvalue weighted by Gasteiger charge is 2.43. The van der Waals surface area contributed by atoms with E-state index in [2.05, 4.69) is 0 Å². The van der Waals surface area contributed by atoms with Crippen molar-refractivity contribution in [2.24, 2.45) is 5.41 Å². The number of aromatic carboxylic acids is 1. The van der Waals surface area contributed by atoms with Crippen LogP contribution in [0, 0.1) is 11.2 Å². The highest BCUT2D eigenvalue weighted by molar-refractivity contribution is 5.88. The number of hydrogen-bond donors (Lipinski definition) is 1. The van der Waals surface area contributed by atoms with Gasteiger partial charge < -0.3 is 10.0 Å². The van der Waals surface area contributed by atoms with E-state index in [9.17, 15) is 9.18 Å². The summed E-state index contributed by atoms with van der Waals surface area (Å²) in [5.41, 5.74) is 0.950. The standard InChI is InChI=1S/C15H18FNO2/c16-12-8-11(14(18)19)4-5-13(12)17-9-15(10-17)6-2-1-3-7-15/h4-5,8H,1-3,6-7,9-10H2,(H,18,19). The van der Waals surface area contributed by atoms with Crippen LogP contribution in [0.1, 0.15) is 42.5 Å². The van der Waals surface area contributed by atoms with Gasteiger partial charge in [-0.25, -0.2) is 9.18 Å². The largest absolute Gasteiger partial charge is 0.478 e. The van der Waals surface area contributed by atoms with Crippen LogP contribution in [0.3, 0.4) is 0 Å². The molecule has 2 fully saturated rings. The van der Waals surface area contributed by atoms with Gasteiger partial charge in [0.05, 0.1) is 11.3 Å². The molecule has 3 rings (SSSR count). The van der Waals surface area contributed by atoms with Crippen molar-refractivity contribution >= 4 is 11.7 Å². The Bertz CT molecular complexity index is 501. The van der Waals surface area contributed by atoms with Crippen LogP contribution < -0.4 is 4.90 Å². The Labute approximate surface area is 112 Å². The summed E-state index contributed by atoms with van der Waals surface area (Å²) < 4.78 is 13.9. The lowest BCUT2D eigenvalue weighted by molar-refractivity contribution is 0.0696. The predicted octanol–water partition coefficient (Wildman–Crippen LogP) is 3.29. The summed E-state index contributed by atoms with van der Waals surface area (Å²) in [5, 5.41) is 8.83. The molecule has 1 N–H and O–H groups in total. The zero-order valence-corrected chi connectivity index (χ0v) is 10.9. The minimum absolute atomic E-state index is 0.00848. The minimum Gasteiger partial charge on any atom is -0.478 e. The van der Waals surface area contributed by atoms with Gasteiger partial charge in [-0.2, -0.15) is 0 Å². The zero-order valence-electron chi connectivity index (χ0n) is 10.9. The van der Waals surface area contributed by atoms with Gasteiger partial charge >= 0.3 is 5.97 Å². The second kappa shape index (κ2) is 4.51. The quantitative estimate of drug-likeness (QED) is 0.890. The Morgan fingerprint density at radius 3 is 2.47 bits per heavy atom. The molecule has 0 radical (unpaired) electrons. The molecule has 1 heterocycles. The molecule has 2 aliphatic rings. The maximum atomic E-state index is 13.9. The molecule has 1 spiro atoms. The summed E-state index contributed by atoms with van der Waals surface area (Å²) in [6.45, 7) is 1.83. The summed E-state index contributed by atoms with van der Waals surface area (Å²) >= 11 is 0. The number of hydrogen-bond acceptors (Lipinski definition) is 2. The molecule has 4 heteroatoms. The molecule has 0 amide bonds. The Morgan fingerprint density at radius 2 is 1.89 bits per heavy atom. The molecule has 19 heavy (non-hydrogen) atoms. The highest BCUT2D eigenvalue weighted by Crippen LogP contribution is 2.45. The van der Waals surface area contributed by atoms with Crippen LogP contribution in [-0.2, 0) is 0 Å². The number of benzene rings is 1. The Balaban J connectivity index is 1.73. The lowest BCUT2D eigenvalue weighted by atomic mass is 9.68. The maximum absolute atomic E-state index is 13.9. The first-order valence-corrected chi connectivity index (χ1v) is 6.88. The van der Waals surface area contributed by atoms with Gasteiger partial charge in [0.15, 0.2) is 0 Å². The summed E-state index contributed by atoms with van der Waals surface area (Å²) in [6, 6.07) is 4.19. The number of anilines is 1. The van der Waals surface area contributed by atoms with Gasteiger partial charge in [0.1, 0.15) is 5.82 Å². The molecule has 1 saturated carbocycles. The maximum Gasteiger partial charge on any atom is 0.335 e. The van der Waals surface area contributed by atoms with Gasteiger partial charge in [-0.05, 0) is 31.0 Å². The van der Waals surface area contributed by atoms with E-state index in [4.69, 9.17) is 5.11 Å². The molecule has 0 atom stereocenters. The van der Waals surface area contributed by atoms with Gasteiger partial charge in [0.25, 0.3) is 0 Å². The molecular formula is C15H18FNO2. The van der Waals surface area contributed by atoms with Crippen LogP contribution in [-0.4, -0.2) is 24.2 Å². The van der Waals surface area contributed by atoms with Crippen molar-refractivity contribution in [3.05, 3.63) is 29.6 Å². The third-order valence-corrected chi connectivity index (χ3v) is 4.50. The van der Waals surface area contributed by atoms with Crippen molar-refractivity contribution in [2.75, 3.05) is 18.0 Å². The van der Waals surface area contributed by atoms with E-state index in [1.54, 1.807) is 6.07 Å². The van der Waals surface area contributed by atoms with E-state index in [0.29, 0.717) is 11.1 Å². The van der Waals surface area contributed by atoms with Gasteiger partial charge in [-0.15, -0.1) is 0 Å². The summed E-state index contributed by atoms with van der Waals surface area (Å²) in [5.74, 6) is -1.51. The summed E-state index contributed by atoms with van der Waals surface area (Å²) in [4.78, 5) is 12.8. The fourth-order valence-electron chi connectivity index (χ4n) is 3.45. The molecular weight excluding hydrogens is 245 g/mol. The van der Waals surface area contributed by atoms with E-state index < -0.39 is 11.8 Å². The van der Waals surface area contributed by atoms with Gasteiger partial charge in [0.2, 0.25) is 0 Å². The minimum atomic E-state index is -1.09. The molecule has 102 valence electrons. The third kappa shape index (κ3) is 2.20. The van der Waals surface area contributed by atoms with Crippen molar-refractivity contribution in [1.82, 2.24) is 0 Å². The van der Waals surface area contributed by atoms with E-state index in [1.165, 1.54) is 38.2 Å². The fraction of sp³-hybridized carbons (Fsp3) is 0.533. The molecule has 0 bridgehead atoms. The lowest BCUT2D eigenvalue weighted by Crippen LogP contribution is -2.57. The zero-order chi connectivity index (χ0) is 13.5. The summed E-state index contributed by atoms with van der Waals surface area (Å²) in [6.07, 6.45) is 6.39. The highest BCUT2D eigenvalue weighted by atomic mass is 19.1. The van der Waals surface area contributed by atoms with Crippen LogP contribution in [0.4, 0.5) is 10.1 Å². The normalized spacial score (nSPS) is 21.2. The van der Waals surface area contributed by atoms with Crippen molar-refractivity contribution in [2.45, 2.75) is 32.1 Å². The Hall–Kier alpha value is -1.58. The molecule has 1 aromatic carbocycles. The van der Waals surface area contributed by atoms with Gasteiger partial charge in [-0.1, -0.05) is 19.3 Å². The Kier molecular flexibility index (Phi) is 2.96. The molecule has 0 aromatic heterocycles. The van der Waals surface area contributed by atoms with Crippen LogP contribution >= 0.6 is 0 Å². The third-order valence-electron chi connectivity index (χ3n) is 4.50. The van der Waals surface area contributed by atoms with Gasteiger partial charge in [0, 0.05) is 18.5 Å². The average molecular weight is 263 g/mol. The monoisotopic (exact) mass is 263 g/mol. The van der Waals surface area contributed by atoms with E-state index in [-0.39, 0.29) is 5.56 Å². The second-order valence-corrected chi connectivity index (χ2v) is 5.89. The van der Waals surface area contributed by atoms with Crippen molar-refractivity contribution in [3.8, 4) is 0 Å². The molecule has 1 aliphatic heterocycles. The van der Waals surface area contributed by atoms with Crippen LogP contribution in [0.2, 0.25) is 0 Å². The number of halogens is 1. The van der Waals surface area contributed by atoms with Crippen molar-refractivity contribution in [3.63, 3.8) is 0 Å². The lowest BCUT2D eigenvalue weighted by Gasteiger charge is -2.53. The molecule has 1 saturated heterocycles. The average Bonchev–Trinajstić information content (AvgIpc) is 2.37. The van der Waals surface area contributed by atoms with E-state index in [1.807, 2.05) is 4.90 Å². The molecule has 1 aliphatic carbocycles. The van der Waals surface area contributed by atoms with E-state index >= 15 is 0 Å². The van der Waals surface area contributed by atoms with Crippen LogP contribution in [0.25, 0.3) is 0 Å². The molecule has 0 unspecified atom stereocenters. The first-order chi connectivity index (χ1) is 9.10. The van der Waals surface area contributed by atoms with Crippen molar-refractivity contribution < 1.29 is 14.3 Å². The number of carboxylic acids is 1. The second-order valence-electron chi connectivity index (χ2n) is 5.89. The number of rotatable bonds is 2. The number of nitrogens with zero attached hydrogens (tertiary/aromatic N) is 1. The SMILES string of the molecule is O=C(O)c1ccc(N2CC3(CCCCC3)C2)c(F)c1. The number of carbonyl (C=O) groups is 1. The molecule has 1 aromatic rings. The van der Waals surface area contributed by atoms with Crippen molar-refractivity contribution in [1.29, 1.82) is 0 Å². The predicted molar refractivity (Wildman–Crippen MR) is 71.1 cm³/mol. The summed E-state index contributed by atoms with van der Waals surface area (Å²) in [7, 11) is 0. The van der Waals surface area contributed by atoms with Gasteiger partial charge in [-0.3, -0.25) is 0 Å². The van der Waals surface area contributed by atoms with E-state index in [0.717, 1.165) is 19.2 Å².